The van der Waals surface area contributed by atoms with Crippen molar-refractivity contribution < 1.29 is 27.5 Å². The minimum atomic E-state index is -4.02. The van der Waals surface area contributed by atoms with Crippen molar-refractivity contribution in [2.45, 2.75) is 78.3 Å². The van der Waals surface area contributed by atoms with Gasteiger partial charge in [0.15, 0.2) is 0 Å². The summed E-state index contributed by atoms with van der Waals surface area (Å²) in [5, 5.41) is 1.41. The number of hydrogen-bond donors (Lipinski definition) is 0. The van der Waals surface area contributed by atoms with E-state index in [2.05, 4.69) is 0 Å². The molecule has 0 heterocycles. The molecule has 0 aliphatic rings. The van der Waals surface area contributed by atoms with Gasteiger partial charge in [-0.3, -0.25) is 9.59 Å². The van der Waals surface area contributed by atoms with Crippen molar-refractivity contribution in [2.24, 2.45) is 11.8 Å². The Morgan fingerprint density at radius 3 is 2.09 bits per heavy atom. The van der Waals surface area contributed by atoms with Crippen molar-refractivity contribution in [1.82, 2.24) is 4.31 Å². The number of benzene rings is 2. The molecule has 0 aliphatic carbocycles. The van der Waals surface area contributed by atoms with Crippen LogP contribution in [0.1, 0.15) is 61.8 Å². The van der Waals surface area contributed by atoms with Crippen LogP contribution >= 0.6 is 0 Å². The molecule has 2 rings (SSSR count). The van der Waals surface area contributed by atoms with Crippen molar-refractivity contribution in [2.75, 3.05) is 6.54 Å². The summed E-state index contributed by atoms with van der Waals surface area (Å²) < 4.78 is 39.8. The van der Waals surface area contributed by atoms with E-state index < -0.39 is 33.6 Å². The van der Waals surface area contributed by atoms with E-state index in [1.807, 2.05) is 27.7 Å². The third-order valence-corrected chi connectivity index (χ3v) is 7.04. The smallest absolute Gasteiger partial charge is 0.325 e. The van der Waals surface area contributed by atoms with Gasteiger partial charge in [0.25, 0.3) is 0 Å². The molecule has 0 N–H and O–H groups in total. The summed E-state index contributed by atoms with van der Waals surface area (Å²) in [5.74, 6) is -0.634. The summed E-state index contributed by atoms with van der Waals surface area (Å²) in [6.45, 7) is 14.5. The zero-order chi connectivity index (χ0) is 25.8. The fourth-order valence-electron chi connectivity index (χ4n) is 3.61. The molecule has 8 heteroatoms. The van der Waals surface area contributed by atoms with Crippen LogP contribution in [0, 0.1) is 11.8 Å². The van der Waals surface area contributed by atoms with Gasteiger partial charge in [-0.15, -0.1) is 0 Å². The quantitative estimate of drug-likeness (QED) is 0.355. The van der Waals surface area contributed by atoms with Gasteiger partial charge >= 0.3 is 11.9 Å². The molecule has 0 aliphatic heterocycles. The second-order valence-corrected chi connectivity index (χ2v) is 12.2. The summed E-state index contributed by atoms with van der Waals surface area (Å²) in [6.07, 6.45) is 0.602. The zero-order valence-corrected chi connectivity index (χ0v) is 22.2. The Kier molecular flexibility index (Phi) is 8.88. The van der Waals surface area contributed by atoms with Gasteiger partial charge in [0, 0.05) is 13.5 Å². The summed E-state index contributed by atoms with van der Waals surface area (Å²) >= 11 is 0. The van der Waals surface area contributed by atoms with E-state index in [0.29, 0.717) is 17.6 Å². The summed E-state index contributed by atoms with van der Waals surface area (Å²) in [6, 6.07) is 8.83. The predicted octanol–water partition coefficient (Wildman–Crippen LogP) is 5.17. The van der Waals surface area contributed by atoms with Crippen LogP contribution in [0.3, 0.4) is 0 Å². The first kappa shape index (κ1) is 27.8. The van der Waals surface area contributed by atoms with E-state index in [4.69, 9.17) is 9.47 Å². The Morgan fingerprint density at radius 1 is 0.971 bits per heavy atom. The average Bonchev–Trinajstić information content (AvgIpc) is 2.67. The third kappa shape index (κ3) is 7.27. The van der Waals surface area contributed by atoms with Crippen molar-refractivity contribution >= 4 is 32.7 Å². The Hall–Kier alpha value is -2.45. The van der Waals surface area contributed by atoms with Crippen LogP contribution in [-0.4, -0.2) is 42.8 Å². The normalized spacial score (nSPS) is 13.5. The molecule has 2 aromatic rings. The molecule has 0 saturated carbocycles. The molecule has 7 nitrogen and oxygen atoms in total. The Bertz CT molecular complexity index is 1130. The molecule has 188 valence electrons. The second kappa shape index (κ2) is 10.9. The number of hydrogen-bond acceptors (Lipinski definition) is 6. The van der Waals surface area contributed by atoms with Crippen LogP contribution < -0.4 is 4.74 Å². The van der Waals surface area contributed by atoms with Crippen molar-refractivity contribution in [3.05, 3.63) is 36.4 Å². The van der Waals surface area contributed by atoms with Gasteiger partial charge in [-0.25, -0.2) is 8.42 Å². The predicted molar refractivity (Wildman–Crippen MR) is 133 cm³/mol. The molecular formula is C26H37NO6S. The first-order valence-electron chi connectivity index (χ1n) is 11.6. The number of sulfonamides is 1. The number of ether oxygens (including phenoxy) is 2. The summed E-state index contributed by atoms with van der Waals surface area (Å²) in [5.41, 5.74) is -0.736. The molecule has 0 saturated heterocycles. The molecule has 2 aromatic carbocycles. The highest BCUT2D eigenvalue weighted by atomic mass is 32.2. The molecule has 0 bridgehead atoms. The van der Waals surface area contributed by atoms with Gasteiger partial charge in [-0.2, -0.15) is 4.31 Å². The SMILES string of the molecule is CC(=O)Oc1ccc2cc(S(=O)(=O)N(CCC(C)C)[C@H](C(=O)OC(C)(C)C)C(C)C)ccc2c1. The van der Waals surface area contributed by atoms with Gasteiger partial charge in [-0.1, -0.05) is 39.8 Å². The maximum absolute atomic E-state index is 13.9. The largest absolute Gasteiger partial charge is 0.459 e. The standard InChI is InChI=1S/C26H37NO6S/c1-17(2)13-14-27(24(18(3)4)25(29)33-26(6,7)8)34(30,31)23-12-10-20-15-22(32-19(5)28)11-9-21(20)16-23/h9-12,15-18,24H,13-14H2,1-8H3/t24-/m0/s1. The highest BCUT2D eigenvalue weighted by Crippen LogP contribution is 2.29. The number of rotatable bonds is 9. The van der Waals surface area contributed by atoms with Gasteiger partial charge in [0.05, 0.1) is 4.90 Å². The van der Waals surface area contributed by atoms with E-state index >= 15 is 0 Å². The molecule has 0 aromatic heterocycles. The van der Waals surface area contributed by atoms with Crippen LogP contribution in [0.2, 0.25) is 0 Å². The Labute approximate surface area is 203 Å². The third-order valence-electron chi connectivity index (χ3n) is 5.17. The van der Waals surface area contributed by atoms with Crippen LogP contribution in [0.25, 0.3) is 10.8 Å². The lowest BCUT2D eigenvalue weighted by Crippen LogP contribution is -2.50. The molecule has 1 atom stereocenters. The minimum absolute atomic E-state index is 0.0956. The van der Waals surface area contributed by atoms with Crippen LogP contribution in [0.15, 0.2) is 41.3 Å². The van der Waals surface area contributed by atoms with Crippen LogP contribution in [-0.2, 0) is 24.3 Å². The molecule has 0 amide bonds. The molecular weight excluding hydrogens is 454 g/mol. The Balaban J connectivity index is 2.54. The summed E-state index contributed by atoms with van der Waals surface area (Å²) in [7, 11) is -4.02. The van der Waals surface area contributed by atoms with Gasteiger partial charge in [-0.05, 0) is 74.1 Å². The fourth-order valence-corrected chi connectivity index (χ4v) is 5.37. The van der Waals surface area contributed by atoms with E-state index in [9.17, 15) is 18.0 Å². The van der Waals surface area contributed by atoms with E-state index in [0.717, 1.165) is 5.39 Å². The van der Waals surface area contributed by atoms with Crippen molar-refractivity contribution in [3.63, 3.8) is 0 Å². The monoisotopic (exact) mass is 491 g/mol. The van der Waals surface area contributed by atoms with Crippen molar-refractivity contribution in [3.8, 4) is 5.75 Å². The molecule has 0 unspecified atom stereocenters. The highest BCUT2D eigenvalue weighted by Gasteiger charge is 2.40. The van der Waals surface area contributed by atoms with E-state index in [1.165, 1.54) is 17.3 Å². The maximum atomic E-state index is 13.9. The number of carbonyl (C=O) groups excluding carboxylic acids is 2. The van der Waals surface area contributed by atoms with E-state index in [1.54, 1.807) is 51.1 Å². The molecule has 0 spiro atoms. The lowest BCUT2D eigenvalue weighted by Gasteiger charge is -2.34. The highest BCUT2D eigenvalue weighted by molar-refractivity contribution is 7.89. The van der Waals surface area contributed by atoms with Crippen molar-refractivity contribution in [1.29, 1.82) is 0 Å². The van der Waals surface area contributed by atoms with E-state index in [-0.39, 0.29) is 23.3 Å². The average molecular weight is 492 g/mol. The molecule has 34 heavy (non-hydrogen) atoms. The number of nitrogens with zero attached hydrogens (tertiary/aromatic N) is 1. The number of carbonyl (C=O) groups is 2. The number of esters is 2. The lowest BCUT2D eigenvalue weighted by atomic mass is 10.0. The first-order valence-corrected chi connectivity index (χ1v) is 13.0. The lowest BCUT2D eigenvalue weighted by molar-refractivity contribution is -0.161. The molecule has 0 fully saturated rings. The topological polar surface area (TPSA) is 90.0 Å². The van der Waals surface area contributed by atoms with Crippen LogP contribution in [0.5, 0.6) is 5.75 Å². The van der Waals surface area contributed by atoms with Gasteiger partial charge in [0.1, 0.15) is 17.4 Å². The fraction of sp³-hybridized carbons (Fsp3) is 0.538. The van der Waals surface area contributed by atoms with Crippen LogP contribution in [0.4, 0.5) is 0 Å². The maximum Gasteiger partial charge on any atom is 0.325 e. The number of fused-ring (bicyclic) bond motifs is 1. The summed E-state index contributed by atoms with van der Waals surface area (Å²) in [4.78, 5) is 24.5. The zero-order valence-electron chi connectivity index (χ0n) is 21.4. The second-order valence-electron chi connectivity index (χ2n) is 10.3. The molecule has 0 radical (unpaired) electrons. The van der Waals surface area contributed by atoms with Gasteiger partial charge in [0.2, 0.25) is 10.0 Å². The first-order chi connectivity index (χ1) is 15.6. The van der Waals surface area contributed by atoms with Gasteiger partial charge < -0.3 is 9.47 Å². The minimum Gasteiger partial charge on any atom is -0.459 e. The Morgan fingerprint density at radius 2 is 1.56 bits per heavy atom.